The molecule has 1 saturated carbocycles. The van der Waals surface area contributed by atoms with Gasteiger partial charge in [0.2, 0.25) is 5.91 Å². The van der Waals surface area contributed by atoms with E-state index in [1.807, 2.05) is 24.0 Å². The van der Waals surface area contributed by atoms with Gasteiger partial charge < -0.3 is 10.2 Å². The van der Waals surface area contributed by atoms with Gasteiger partial charge in [-0.2, -0.15) is 0 Å². The average Bonchev–Trinajstić information content (AvgIpc) is 3.27. The number of aromatic nitrogens is 1. The van der Waals surface area contributed by atoms with Crippen LogP contribution in [-0.2, 0) is 11.3 Å². The van der Waals surface area contributed by atoms with Crippen LogP contribution in [0, 0.1) is 12.8 Å². The van der Waals surface area contributed by atoms with Gasteiger partial charge >= 0.3 is 0 Å². The minimum Gasteiger partial charge on any atom is -0.331 e. The van der Waals surface area contributed by atoms with Crippen LogP contribution in [0.2, 0.25) is 5.02 Å². The number of hydrogen-bond donors (Lipinski definition) is 1. The molecule has 1 aliphatic heterocycles. The number of nitrogens with zero attached hydrogens (tertiary/aromatic N) is 2. The van der Waals surface area contributed by atoms with Crippen molar-refractivity contribution in [2.45, 2.75) is 46.2 Å². The molecule has 1 atom stereocenters. The molecule has 0 radical (unpaired) electrons. The Kier molecular flexibility index (Phi) is 4.28. The topological polar surface area (TPSA) is 62.3 Å². The molecule has 1 aromatic heterocycles. The zero-order chi connectivity index (χ0) is 18.6. The van der Waals surface area contributed by atoms with Crippen molar-refractivity contribution < 1.29 is 9.59 Å². The van der Waals surface area contributed by atoms with Crippen molar-refractivity contribution >= 4 is 39.9 Å². The number of fused-ring (bicyclic) bond motifs is 1. The minimum atomic E-state index is -0.146. The quantitative estimate of drug-likeness (QED) is 0.838. The summed E-state index contributed by atoms with van der Waals surface area (Å²) in [6, 6.07) is 4.13. The number of benzene rings is 1. The second-order valence-electron chi connectivity index (χ2n) is 7.12. The molecule has 136 valence electrons. The largest absolute Gasteiger partial charge is 0.331 e. The molecule has 1 aromatic carbocycles. The summed E-state index contributed by atoms with van der Waals surface area (Å²) >= 11 is 7.91. The molecule has 2 aliphatic rings. The van der Waals surface area contributed by atoms with E-state index in [9.17, 15) is 9.59 Å². The van der Waals surface area contributed by atoms with Gasteiger partial charge in [-0.05, 0) is 55.9 Å². The third-order valence-electron chi connectivity index (χ3n) is 5.12. The molecule has 7 heteroatoms. The number of aryl methyl sites for hydroxylation is 1. The van der Waals surface area contributed by atoms with Gasteiger partial charge in [-0.1, -0.05) is 22.9 Å². The van der Waals surface area contributed by atoms with E-state index in [2.05, 4.69) is 17.2 Å². The van der Waals surface area contributed by atoms with Gasteiger partial charge in [-0.3, -0.25) is 9.59 Å². The van der Waals surface area contributed by atoms with Crippen molar-refractivity contribution in [3.63, 3.8) is 0 Å². The summed E-state index contributed by atoms with van der Waals surface area (Å²) in [7, 11) is 0. The highest BCUT2D eigenvalue weighted by molar-refractivity contribution is 7.19. The van der Waals surface area contributed by atoms with Crippen LogP contribution in [0.5, 0.6) is 0 Å². The Morgan fingerprint density at radius 1 is 1.42 bits per heavy atom. The lowest BCUT2D eigenvalue weighted by Gasteiger charge is -2.23. The van der Waals surface area contributed by atoms with Crippen LogP contribution in [0.3, 0.4) is 0 Å². The van der Waals surface area contributed by atoms with E-state index < -0.39 is 0 Å². The number of anilines is 1. The fraction of sp³-hybridized carbons (Fsp3) is 0.421. The van der Waals surface area contributed by atoms with E-state index in [0.29, 0.717) is 28.2 Å². The van der Waals surface area contributed by atoms with Crippen molar-refractivity contribution in [3.05, 3.63) is 34.0 Å². The Morgan fingerprint density at radius 2 is 2.15 bits per heavy atom. The summed E-state index contributed by atoms with van der Waals surface area (Å²) in [4.78, 5) is 31.4. The lowest BCUT2D eigenvalue weighted by atomic mass is 10.0. The van der Waals surface area contributed by atoms with Crippen LogP contribution in [-0.4, -0.2) is 27.7 Å². The van der Waals surface area contributed by atoms with Gasteiger partial charge in [0.15, 0.2) is 5.13 Å². The van der Waals surface area contributed by atoms with E-state index in [0.717, 1.165) is 21.7 Å². The summed E-state index contributed by atoms with van der Waals surface area (Å²) < 4.78 is 0. The lowest BCUT2D eigenvalue weighted by molar-refractivity contribution is -0.114. The monoisotopic (exact) mass is 389 g/mol. The number of rotatable bonds is 4. The molecule has 4 rings (SSSR count). The van der Waals surface area contributed by atoms with E-state index >= 15 is 0 Å². The van der Waals surface area contributed by atoms with Gasteiger partial charge in [-0.15, -0.1) is 0 Å². The Morgan fingerprint density at radius 3 is 2.81 bits per heavy atom. The molecule has 1 aliphatic carbocycles. The Labute approximate surface area is 161 Å². The Balaban J connectivity index is 1.69. The van der Waals surface area contributed by atoms with Crippen LogP contribution >= 0.6 is 22.9 Å². The van der Waals surface area contributed by atoms with Crippen molar-refractivity contribution in [2.75, 3.05) is 5.32 Å². The van der Waals surface area contributed by atoms with Crippen LogP contribution in [0.15, 0.2) is 12.1 Å². The third kappa shape index (κ3) is 3.01. The summed E-state index contributed by atoms with van der Waals surface area (Å²) in [5.74, 6) is 0.513. The number of thiazole rings is 1. The maximum Gasteiger partial charge on any atom is 0.256 e. The first-order valence-corrected chi connectivity index (χ1v) is 9.93. The van der Waals surface area contributed by atoms with Gasteiger partial charge in [0.1, 0.15) is 0 Å². The molecule has 2 amide bonds. The lowest BCUT2D eigenvalue weighted by Crippen LogP contribution is -2.34. The molecule has 2 heterocycles. The summed E-state index contributed by atoms with van der Waals surface area (Å²) in [5, 5.41) is 3.78. The molecular weight excluding hydrogens is 370 g/mol. The fourth-order valence-corrected chi connectivity index (χ4v) is 4.91. The number of amides is 2. The van der Waals surface area contributed by atoms with Crippen LogP contribution in [0.25, 0.3) is 10.4 Å². The van der Waals surface area contributed by atoms with E-state index in [1.165, 1.54) is 31.1 Å². The second kappa shape index (κ2) is 6.35. The van der Waals surface area contributed by atoms with Gasteiger partial charge in [0.05, 0.1) is 21.2 Å². The van der Waals surface area contributed by atoms with Gasteiger partial charge in [0, 0.05) is 19.5 Å². The molecule has 26 heavy (non-hydrogen) atoms. The molecule has 5 nitrogen and oxygen atoms in total. The number of carbonyl (C=O) groups is 2. The van der Waals surface area contributed by atoms with E-state index in [4.69, 9.17) is 11.6 Å². The Hall–Kier alpha value is -1.92. The fourth-order valence-electron chi connectivity index (χ4n) is 3.59. The number of hydrogen-bond acceptors (Lipinski definition) is 4. The highest BCUT2D eigenvalue weighted by Gasteiger charge is 2.39. The standard InChI is InChI=1S/C19H20ClN3O2S/c1-9-17(26-19(21-9)22-11(3)24)13-6-14-8-23(10(2)12-4-5-12)18(25)16(14)15(20)7-13/h6-7,10,12H,4-5,8H2,1-3H3,(H,21,22,24). The molecule has 2 aromatic rings. The predicted octanol–water partition coefficient (Wildman–Crippen LogP) is 4.48. The first-order valence-electron chi connectivity index (χ1n) is 8.74. The molecule has 1 unspecified atom stereocenters. The van der Waals surface area contributed by atoms with Crippen molar-refractivity contribution in [1.29, 1.82) is 0 Å². The number of carbonyl (C=O) groups excluding carboxylic acids is 2. The highest BCUT2D eigenvalue weighted by Crippen LogP contribution is 2.42. The van der Waals surface area contributed by atoms with Gasteiger partial charge in [0.25, 0.3) is 5.91 Å². The van der Waals surface area contributed by atoms with Crippen molar-refractivity contribution in [1.82, 2.24) is 9.88 Å². The molecular formula is C19H20ClN3O2S. The molecule has 0 bridgehead atoms. The third-order valence-corrected chi connectivity index (χ3v) is 6.54. The molecule has 0 saturated heterocycles. The number of nitrogens with one attached hydrogen (secondary N) is 1. The predicted molar refractivity (Wildman–Crippen MR) is 104 cm³/mol. The van der Waals surface area contributed by atoms with Crippen LogP contribution in [0.1, 0.15) is 48.3 Å². The summed E-state index contributed by atoms with van der Waals surface area (Å²) in [6.07, 6.45) is 2.40. The van der Waals surface area contributed by atoms with Crippen molar-refractivity contribution in [3.8, 4) is 10.4 Å². The first-order chi connectivity index (χ1) is 12.3. The van der Waals surface area contributed by atoms with Crippen LogP contribution < -0.4 is 5.32 Å². The first kappa shape index (κ1) is 17.5. The highest BCUT2D eigenvalue weighted by atomic mass is 35.5. The SMILES string of the molecule is CC(=O)Nc1nc(C)c(-c2cc(Cl)c3c(c2)CN(C(C)C2CC2)C3=O)s1. The molecule has 1 N–H and O–H groups in total. The zero-order valence-electron chi connectivity index (χ0n) is 14.9. The Bertz CT molecular complexity index is 920. The minimum absolute atomic E-state index is 0.0379. The second-order valence-corrected chi connectivity index (χ2v) is 8.52. The van der Waals surface area contributed by atoms with E-state index in [-0.39, 0.29) is 17.9 Å². The van der Waals surface area contributed by atoms with Crippen LogP contribution in [0.4, 0.5) is 5.13 Å². The normalized spacial score (nSPS) is 17.4. The summed E-state index contributed by atoms with van der Waals surface area (Å²) in [6.45, 7) is 6.11. The smallest absolute Gasteiger partial charge is 0.256 e. The van der Waals surface area contributed by atoms with Gasteiger partial charge in [-0.25, -0.2) is 4.98 Å². The molecule has 1 fully saturated rings. The summed E-state index contributed by atoms with van der Waals surface area (Å²) in [5.41, 5.74) is 3.38. The molecule has 0 spiro atoms. The van der Waals surface area contributed by atoms with Crippen molar-refractivity contribution in [2.24, 2.45) is 5.92 Å². The average molecular weight is 390 g/mol. The maximum atomic E-state index is 12.8. The number of halogens is 1. The van der Waals surface area contributed by atoms with E-state index in [1.54, 1.807) is 0 Å². The zero-order valence-corrected chi connectivity index (χ0v) is 16.5. The maximum absolute atomic E-state index is 12.8.